The van der Waals surface area contributed by atoms with E-state index in [2.05, 4.69) is 23.8 Å². The van der Waals surface area contributed by atoms with Gasteiger partial charge in [0.15, 0.2) is 6.29 Å². The molecule has 2 fully saturated rings. The van der Waals surface area contributed by atoms with Gasteiger partial charge in [-0.05, 0) is 13.5 Å². The summed E-state index contributed by atoms with van der Waals surface area (Å²) in [6.07, 6.45) is 19.0. The van der Waals surface area contributed by atoms with E-state index in [1.165, 1.54) is 89.9 Å². The highest BCUT2D eigenvalue weighted by Gasteiger charge is 2.47. The molecule has 2 saturated heterocycles. The second-order valence-corrected chi connectivity index (χ2v) is 13.8. The topological polar surface area (TPSA) is 99.2 Å². The maximum Gasteiger partial charge on any atom is 0.472 e. The van der Waals surface area contributed by atoms with E-state index in [1.54, 1.807) is 14.2 Å². The number of hydrogen-bond acceptors (Lipinski definition) is 9. The fraction of sp³-hybridized carbons (Fsp3) is 1.00. The van der Waals surface area contributed by atoms with Crippen LogP contribution in [0, 0.1) is 0 Å². The lowest BCUT2D eigenvalue weighted by molar-refractivity contribution is -0.159. The Morgan fingerprint density at radius 3 is 1.77 bits per heavy atom. The lowest BCUT2D eigenvalue weighted by Crippen LogP contribution is -2.45. The van der Waals surface area contributed by atoms with E-state index in [1.807, 2.05) is 0 Å². The Morgan fingerprint density at radius 1 is 0.721 bits per heavy atom. The van der Waals surface area contributed by atoms with Gasteiger partial charge in [0.1, 0.15) is 18.3 Å². The SMILES string of the molecule is CCCCCCCCCCCCCCCCCCO[C@@H]1[C@@H](OC)[C@H](OC)O[C@@H]1COP(=O)(O)OCCN1CCN(C)CC1. The third kappa shape index (κ3) is 17.4. The molecular weight excluding hydrogens is 571 g/mol. The Morgan fingerprint density at radius 2 is 1.26 bits per heavy atom. The summed E-state index contributed by atoms with van der Waals surface area (Å²) in [5, 5.41) is 0. The van der Waals surface area contributed by atoms with Crippen molar-refractivity contribution in [3.8, 4) is 0 Å². The fourth-order valence-corrected chi connectivity index (χ4v) is 6.62. The van der Waals surface area contributed by atoms with Crippen LogP contribution >= 0.6 is 7.82 Å². The van der Waals surface area contributed by atoms with Crippen molar-refractivity contribution in [3.63, 3.8) is 0 Å². The van der Waals surface area contributed by atoms with Gasteiger partial charge >= 0.3 is 7.82 Å². The van der Waals surface area contributed by atoms with Gasteiger partial charge in [-0.25, -0.2) is 4.57 Å². The summed E-state index contributed by atoms with van der Waals surface area (Å²) in [7, 11) is 1.00. The Bertz CT molecular complexity index is 713. The minimum Gasteiger partial charge on any atom is -0.373 e. The number of phosphoric acid groups is 1. The molecule has 2 aliphatic rings. The van der Waals surface area contributed by atoms with Gasteiger partial charge in [0.2, 0.25) is 0 Å². The van der Waals surface area contributed by atoms with Crippen molar-refractivity contribution >= 4 is 7.82 Å². The predicted molar refractivity (Wildman–Crippen MR) is 171 cm³/mol. The first-order valence-corrected chi connectivity index (χ1v) is 18.7. The van der Waals surface area contributed by atoms with Crippen LogP contribution in [0.15, 0.2) is 0 Å². The molecular formula is C32H65N2O8P. The molecule has 0 radical (unpaired) electrons. The van der Waals surface area contributed by atoms with Crippen LogP contribution in [0.3, 0.4) is 0 Å². The molecule has 11 heteroatoms. The Labute approximate surface area is 263 Å². The standard InChI is InChI=1S/C32H65N2O8P/c1-5-6-7-8-9-10-11-12-13-14-15-16-17-18-19-20-26-39-30-29(42-32(38-4)31(30)37-3)28-41-43(35,36)40-27-25-34-23-21-33(2)22-24-34/h29-32H,5-28H2,1-4H3,(H,35,36)/t29-,30+,31-,32-/m1/s1. The van der Waals surface area contributed by atoms with Crippen LogP contribution in [0.1, 0.15) is 110 Å². The van der Waals surface area contributed by atoms with E-state index in [0.29, 0.717) is 13.2 Å². The highest BCUT2D eigenvalue weighted by atomic mass is 31.2. The van der Waals surface area contributed by atoms with Crippen molar-refractivity contribution in [2.45, 2.75) is 134 Å². The molecule has 43 heavy (non-hydrogen) atoms. The number of piperazine rings is 1. The van der Waals surface area contributed by atoms with Crippen LogP contribution in [0.25, 0.3) is 0 Å². The van der Waals surface area contributed by atoms with Crippen molar-refractivity contribution in [3.05, 3.63) is 0 Å². The molecule has 256 valence electrons. The molecule has 2 heterocycles. The summed E-state index contributed by atoms with van der Waals surface area (Å²) in [4.78, 5) is 14.7. The maximum absolute atomic E-state index is 12.5. The van der Waals surface area contributed by atoms with Crippen LogP contribution in [0.2, 0.25) is 0 Å². The van der Waals surface area contributed by atoms with Crippen LogP contribution < -0.4 is 0 Å². The number of rotatable bonds is 27. The number of likely N-dealkylation sites (N-methyl/N-ethyl adjacent to an activating group) is 1. The molecule has 5 atom stereocenters. The Kier molecular flexibility index (Phi) is 21.9. The smallest absolute Gasteiger partial charge is 0.373 e. The average Bonchev–Trinajstić information content (AvgIpc) is 3.35. The minimum atomic E-state index is -4.23. The van der Waals surface area contributed by atoms with Gasteiger partial charge in [0.05, 0.1) is 13.2 Å². The monoisotopic (exact) mass is 636 g/mol. The normalized spacial score (nSPS) is 25.0. The molecule has 10 nitrogen and oxygen atoms in total. The predicted octanol–water partition coefficient (Wildman–Crippen LogP) is 6.40. The van der Waals surface area contributed by atoms with Gasteiger partial charge in [-0.2, -0.15) is 0 Å². The number of unbranched alkanes of at least 4 members (excludes halogenated alkanes) is 15. The van der Waals surface area contributed by atoms with Crippen molar-refractivity contribution in [2.24, 2.45) is 0 Å². The van der Waals surface area contributed by atoms with Crippen molar-refractivity contribution in [1.29, 1.82) is 0 Å². The number of hydrogen-bond donors (Lipinski definition) is 1. The first-order chi connectivity index (χ1) is 20.9. The molecule has 0 spiro atoms. The highest BCUT2D eigenvalue weighted by molar-refractivity contribution is 7.47. The molecule has 2 aliphatic heterocycles. The van der Waals surface area contributed by atoms with E-state index < -0.39 is 32.4 Å². The summed E-state index contributed by atoms with van der Waals surface area (Å²) in [6.45, 7) is 7.21. The van der Waals surface area contributed by atoms with Crippen molar-refractivity contribution in [1.82, 2.24) is 9.80 Å². The average molecular weight is 637 g/mol. The second-order valence-electron chi connectivity index (χ2n) is 12.4. The first-order valence-electron chi connectivity index (χ1n) is 17.3. The van der Waals surface area contributed by atoms with Gasteiger partial charge in [-0.1, -0.05) is 103 Å². The maximum atomic E-state index is 12.5. The lowest BCUT2D eigenvalue weighted by Gasteiger charge is -2.32. The summed E-state index contributed by atoms with van der Waals surface area (Å²) in [5.74, 6) is 0. The zero-order valence-corrected chi connectivity index (χ0v) is 28.8. The van der Waals surface area contributed by atoms with Crippen LogP contribution in [0.5, 0.6) is 0 Å². The second kappa shape index (κ2) is 24.1. The van der Waals surface area contributed by atoms with Crippen LogP contribution in [-0.4, -0.2) is 113 Å². The van der Waals surface area contributed by atoms with Gasteiger partial charge < -0.3 is 28.7 Å². The molecule has 0 aromatic carbocycles. The molecule has 2 rings (SSSR count). The summed E-state index contributed by atoms with van der Waals surface area (Å²) in [5.41, 5.74) is 0. The van der Waals surface area contributed by atoms with E-state index in [4.69, 9.17) is 28.0 Å². The van der Waals surface area contributed by atoms with Gasteiger partial charge in [0, 0.05) is 53.6 Å². The fourth-order valence-electron chi connectivity index (χ4n) is 5.90. The molecule has 0 aliphatic carbocycles. The van der Waals surface area contributed by atoms with Crippen molar-refractivity contribution < 1.29 is 37.5 Å². The third-order valence-electron chi connectivity index (χ3n) is 8.74. The molecule has 0 saturated carbocycles. The van der Waals surface area contributed by atoms with E-state index in [9.17, 15) is 9.46 Å². The van der Waals surface area contributed by atoms with Gasteiger partial charge in [0.25, 0.3) is 0 Å². The Hall–Kier alpha value is -0.130. The molecule has 0 aromatic heterocycles. The zero-order chi connectivity index (χ0) is 31.2. The lowest BCUT2D eigenvalue weighted by atomic mass is 10.0. The summed E-state index contributed by atoms with van der Waals surface area (Å²) >= 11 is 0. The van der Waals surface area contributed by atoms with Crippen LogP contribution in [-0.2, 0) is 32.6 Å². The van der Waals surface area contributed by atoms with Gasteiger partial charge in [-0.15, -0.1) is 0 Å². The third-order valence-corrected chi connectivity index (χ3v) is 9.72. The minimum absolute atomic E-state index is 0.129. The molecule has 1 unspecified atom stereocenters. The molecule has 0 aromatic rings. The molecule has 0 bridgehead atoms. The molecule has 0 amide bonds. The summed E-state index contributed by atoms with van der Waals surface area (Å²) in [6, 6.07) is 0. The number of phosphoric ester groups is 1. The van der Waals surface area contributed by atoms with Gasteiger partial charge in [-0.3, -0.25) is 13.9 Å². The number of nitrogens with zero attached hydrogens (tertiary/aromatic N) is 2. The molecule has 1 N–H and O–H groups in total. The van der Waals surface area contributed by atoms with E-state index in [0.717, 1.165) is 39.0 Å². The van der Waals surface area contributed by atoms with E-state index >= 15 is 0 Å². The summed E-state index contributed by atoms with van der Waals surface area (Å²) < 4.78 is 46.2. The number of methoxy groups -OCH3 is 2. The Balaban J connectivity index is 1.54. The first kappa shape index (κ1) is 39.1. The van der Waals surface area contributed by atoms with Crippen molar-refractivity contribution in [2.75, 3.05) is 73.8 Å². The highest BCUT2D eigenvalue weighted by Crippen LogP contribution is 2.44. The largest absolute Gasteiger partial charge is 0.472 e. The quantitative estimate of drug-likeness (QED) is 0.0806. The van der Waals surface area contributed by atoms with Crippen LogP contribution in [0.4, 0.5) is 0 Å². The number of ether oxygens (including phenoxy) is 4. The zero-order valence-electron chi connectivity index (χ0n) is 27.9. The van der Waals surface area contributed by atoms with E-state index in [-0.39, 0.29) is 13.2 Å².